The highest BCUT2D eigenvalue weighted by atomic mass is 32.1. The fourth-order valence-electron chi connectivity index (χ4n) is 1.22. The fraction of sp³-hybridized carbons (Fsp3) is 0.182. The molecular formula is C11H11N3OS. The first-order valence-electron chi connectivity index (χ1n) is 4.85. The topological polar surface area (TPSA) is 54.9 Å². The second-order valence-corrected chi connectivity index (χ2v) is 4.19. The molecule has 1 amide bonds. The lowest BCUT2D eigenvalue weighted by Gasteiger charge is -2.02. The van der Waals surface area contributed by atoms with Gasteiger partial charge in [-0.15, -0.1) is 11.3 Å². The van der Waals surface area contributed by atoms with Gasteiger partial charge in [-0.05, 0) is 24.6 Å². The molecule has 2 aromatic heterocycles. The van der Waals surface area contributed by atoms with E-state index in [1.165, 1.54) is 11.3 Å². The lowest BCUT2D eigenvalue weighted by atomic mass is 10.3. The third-order valence-electron chi connectivity index (χ3n) is 2.02. The standard InChI is InChI=1S/C11H11N3OS/c1-8-7-16-11(14-8)10(15)13-6-9-2-4-12-5-3-9/h2-5,7H,6H2,1H3,(H,13,15). The number of pyridine rings is 1. The van der Waals surface area contributed by atoms with Crippen molar-refractivity contribution in [3.63, 3.8) is 0 Å². The van der Waals surface area contributed by atoms with Crippen LogP contribution in [0, 0.1) is 6.92 Å². The van der Waals surface area contributed by atoms with Crippen molar-refractivity contribution in [2.45, 2.75) is 13.5 Å². The van der Waals surface area contributed by atoms with Gasteiger partial charge in [-0.2, -0.15) is 0 Å². The molecule has 0 bridgehead atoms. The molecule has 0 saturated heterocycles. The van der Waals surface area contributed by atoms with Crippen LogP contribution in [0.5, 0.6) is 0 Å². The Hall–Kier alpha value is -1.75. The molecule has 0 unspecified atom stereocenters. The number of carbonyl (C=O) groups excluding carboxylic acids is 1. The van der Waals surface area contributed by atoms with E-state index in [1.54, 1.807) is 12.4 Å². The highest BCUT2D eigenvalue weighted by Crippen LogP contribution is 2.08. The van der Waals surface area contributed by atoms with Crippen molar-refractivity contribution in [1.29, 1.82) is 0 Å². The monoisotopic (exact) mass is 233 g/mol. The van der Waals surface area contributed by atoms with E-state index in [1.807, 2.05) is 24.4 Å². The third-order valence-corrected chi connectivity index (χ3v) is 2.97. The molecule has 0 saturated carbocycles. The van der Waals surface area contributed by atoms with Crippen LogP contribution in [0.25, 0.3) is 0 Å². The SMILES string of the molecule is Cc1csc(C(=O)NCc2ccncc2)n1. The van der Waals surface area contributed by atoms with E-state index in [0.717, 1.165) is 11.3 Å². The van der Waals surface area contributed by atoms with Crippen LogP contribution in [0.1, 0.15) is 21.1 Å². The molecule has 0 aliphatic carbocycles. The Kier molecular flexibility index (Phi) is 3.26. The maximum Gasteiger partial charge on any atom is 0.280 e. The summed E-state index contributed by atoms with van der Waals surface area (Å²) in [6.45, 7) is 2.37. The van der Waals surface area contributed by atoms with Crippen LogP contribution < -0.4 is 5.32 Å². The summed E-state index contributed by atoms with van der Waals surface area (Å²) in [5.41, 5.74) is 1.90. The number of aromatic nitrogens is 2. The summed E-state index contributed by atoms with van der Waals surface area (Å²) in [5, 5.41) is 5.18. The van der Waals surface area contributed by atoms with E-state index in [0.29, 0.717) is 11.6 Å². The number of nitrogens with zero attached hydrogens (tertiary/aromatic N) is 2. The van der Waals surface area contributed by atoms with Crippen molar-refractivity contribution >= 4 is 17.2 Å². The summed E-state index contributed by atoms with van der Waals surface area (Å²) in [6.07, 6.45) is 3.41. The molecule has 5 heteroatoms. The Bertz CT molecular complexity index is 481. The molecule has 16 heavy (non-hydrogen) atoms. The number of hydrogen-bond acceptors (Lipinski definition) is 4. The Labute approximate surface area is 97.4 Å². The summed E-state index contributed by atoms with van der Waals surface area (Å²) >= 11 is 1.36. The second kappa shape index (κ2) is 4.85. The van der Waals surface area contributed by atoms with Gasteiger partial charge in [-0.3, -0.25) is 9.78 Å². The molecule has 1 N–H and O–H groups in total. The van der Waals surface area contributed by atoms with Gasteiger partial charge in [0.1, 0.15) is 0 Å². The van der Waals surface area contributed by atoms with Crippen molar-refractivity contribution in [3.8, 4) is 0 Å². The van der Waals surface area contributed by atoms with E-state index >= 15 is 0 Å². The first kappa shape index (κ1) is 10.8. The van der Waals surface area contributed by atoms with Crippen molar-refractivity contribution in [2.75, 3.05) is 0 Å². The first-order valence-corrected chi connectivity index (χ1v) is 5.73. The Morgan fingerprint density at radius 1 is 1.44 bits per heavy atom. The van der Waals surface area contributed by atoms with Gasteiger partial charge < -0.3 is 5.32 Å². The summed E-state index contributed by atoms with van der Waals surface area (Å²) < 4.78 is 0. The van der Waals surface area contributed by atoms with E-state index < -0.39 is 0 Å². The lowest BCUT2D eigenvalue weighted by Crippen LogP contribution is -2.22. The van der Waals surface area contributed by atoms with Crippen LogP contribution >= 0.6 is 11.3 Å². The normalized spacial score (nSPS) is 10.1. The largest absolute Gasteiger partial charge is 0.346 e. The molecule has 0 atom stereocenters. The van der Waals surface area contributed by atoms with Gasteiger partial charge in [0.2, 0.25) is 0 Å². The number of thiazole rings is 1. The third kappa shape index (κ3) is 2.64. The molecule has 0 radical (unpaired) electrons. The van der Waals surface area contributed by atoms with Crippen LogP contribution in [0.4, 0.5) is 0 Å². The molecule has 2 aromatic rings. The zero-order chi connectivity index (χ0) is 11.4. The summed E-state index contributed by atoms with van der Waals surface area (Å²) in [6, 6.07) is 3.74. The van der Waals surface area contributed by atoms with E-state index in [9.17, 15) is 4.79 Å². The van der Waals surface area contributed by atoms with Gasteiger partial charge in [-0.25, -0.2) is 4.98 Å². The minimum atomic E-state index is -0.130. The fourth-order valence-corrected chi connectivity index (χ4v) is 1.93. The number of nitrogens with one attached hydrogen (secondary N) is 1. The van der Waals surface area contributed by atoms with E-state index in [2.05, 4.69) is 15.3 Å². The Morgan fingerprint density at radius 2 is 2.19 bits per heavy atom. The highest BCUT2D eigenvalue weighted by Gasteiger charge is 2.08. The zero-order valence-electron chi connectivity index (χ0n) is 8.80. The Balaban J connectivity index is 1.94. The number of amides is 1. The zero-order valence-corrected chi connectivity index (χ0v) is 9.62. The van der Waals surface area contributed by atoms with Gasteiger partial charge in [0.15, 0.2) is 5.01 Å². The number of carbonyl (C=O) groups is 1. The summed E-state index contributed by atoms with van der Waals surface area (Å²) in [5.74, 6) is -0.130. The van der Waals surface area contributed by atoms with Crippen LogP contribution in [-0.4, -0.2) is 15.9 Å². The number of rotatable bonds is 3. The first-order chi connectivity index (χ1) is 7.75. The maximum atomic E-state index is 11.7. The molecule has 0 aromatic carbocycles. The quantitative estimate of drug-likeness (QED) is 0.879. The number of aryl methyl sites for hydroxylation is 1. The number of hydrogen-bond donors (Lipinski definition) is 1. The predicted molar refractivity (Wildman–Crippen MR) is 62.3 cm³/mol. The molecule has 0 aliphatic rings. The minimum Gasteiger partial charge on any atom is -0.346 e. The van der Waals surface area contributed by atoms with Crippen molar-refractivity contribution < 1.29 is 4.79 Å². The molecule has 0 fully saturated rings. The summed E-state index contributed by atoms with van der Waals surface area (Å²) in [4.78, 5) is 19.7. The van der Waals surface area contributed by atoms with E-state index in [4.69, 9.17) is 0 Å². The second-order valence-electron chi connectivity index (χ2n) is 3.33. The van der Waals surface area contributed by atoms with Gasteiger partial charge >= 0.3 is 0 Å². The molecule has 2 heterocycles. The molecule has 0 aliphatic heterocycles. The van der Waals surface area contributed by atoms with Crippen LogP contribution in [0.15, 0.2) is 29.9 Å². The van der Waals surface area contributed by atoms with Crippen molar-refractivity contribution in [2.24, 2.45) is 0 Å². The highest BCUT2D eigenvalue weighted by molar-refractivity contribution is 7.11. The van der Waals surface area contributed by atoms with Gasteiger partial charge in [0.25, 0.3) is 5.91 Å². The Morgan fingerprint density at radius 3 is 2.81 bits per heavy atom. The van der Waals surface area contributed by atoms with Crippen LogP contribution in [0.3, 0.4) is 0 Å². The smallest absolute Gasteiger partial charge is 0.280 e. The van der Waals surface area contributed by atoms with Gasteiger partial charge in [-0.1, -0.05) is 0 Å². The molecule has 2 rings (SSSR count). The summed E-state index contributed by atoms with van der Waals surface area (Å²) in [7, 11) is 0. The molecule has 82 valence electrons. The molecule has 4 nitrogen and oxygen atoms in total. The van der Waals surface area contributed by atoms with Crippen molar-refractivity contribution in [3.05, 3.63) is 46.2 Å². The van der Waals surface area contributed by atoms with Crippen molar-refractivity contribution in [1.82, 2.24) is 15.3 Å². The predicted octanol–water partition coefficient (Wildman–Crippen LogP) is 1.78. The van der Waals surface area contributed by atoms with Crippen LogP contribution in [-0.2, 0) is 6.54 Å². The minimum absolute atomic E-state index is 0.130. The molecular weight excluding hydrogens is 222 g/mol. The van der Waals surface area contributed by atoms with Gasteiger partial charge in [0, 0.05) is 30.0 Å². The van der Waals surface area contributed by atoms with Gasteiger partial charge in [0.05, 0.1) is 0 Å². The van der Waals surface area contributed by atoms with Crippen LogP contribution in [0.2, 0.25) is 0 Å². The maximum absolute atomic E-state index is 11.7. The van der Waals surface area contributed by atoms with E-state index in [-0.39, 0.29) is 5.91 Å². The average molecular weight is 233 g/mol. The average Bonchev–Trinajstić information content (AvgIpc) is 2.74. The molecule has 0 spiro atoms. The lowest BCUT2D eigenvalue weighted by molar-refractivity contribution is 0.0950.